The lowest BCUT2D eigenvalue weighted by Gasteiger charge is -2.11. The number of nitrogens with zero attached hydrogens (tertiary/aromatic N) is 6. The maximum absolute atomic E-state index is 5.05. The summed E-state index contributed by atoms with van der Waals surface area (Å²) in [6, 6.07) is 65.2. The Balaban J connectivity index is 0.959. The van der Waals surface area contributed by atoms with Crippen LogP contribution in [0, 0.1) is 0 Å². The molecule has 0 bridgehead atoms. The molecule has 7 aromatic carbocycles. The van der Waals surface area contributed by atoms with Gasteiger partial charge in [0.15, 0.2) is 17.5 Å². The topological polar surface area (TPSA) is 69.4 Å². The molecule has 0 atom stereocenters. The van der Waals surface area contributed by atoms with E-state index in [0.717, 1.165) is 66.6 Å². The average Bonchev–Trinajstić information content (AvgIpc) is 3.63. The second-order valence-electron chi connectivity index (χ2n) is 14.2. The van der Waals surface area contributed by atoms with E-state index >= 15 is 0 Å². The Hall–Kier alpha value is -7.83. The van der Waals surface area contributed by atoms with Crippen LogP contribution in [0.15, 0.2) is 194 Å². The van der Waals surface area contributed by atoms with Crippen LogP contribution in [-0.2, 0) is 0 Å². The van der Waals surface area contributed by atoms with Gasteiger partial charge in [0, 0.05) is 55.7 Å². The van der Waals surface area contributed by atoms with Crippen molar-refractivity contribution in [1.29, 1.82) is 0 Å². The van der Waals surface area contributed by atoms with Crippen LogP contribution in [0.2, 0.25) is 0 Å². The first-order valence-electron chi connectivity index (χ1n) is 19.0. The van der Waals surface area contributed by atoms with Crippen LogP contribution in [0.1, 0.15) is 0 Å². The summed E-state index contributed by atoms with van der Waals surface area (Å²) in [7, 11) is 0. The van der Waals surface area contributed by atoms with E-state index in [-0.39, 0.29) is 0 Å². The van der Waals surface area contributed by atoms with Crippen LogP contribution < -0.4 is 0 Å². The van der Waals surface area contributed by atoms with Gasteiger partial charge in [-0.25, -0.2) is 19.9 Å². The molecule has 4 heterocycles. The summed E-state index contributed by atoms with van der Waals surface area (Å²) >= 11 is 0. The minimum atomic E-state index is 0.607. The number of hydrogen-bond acceptors (Lipinski definition) is 5. The van der Waals surface area contributed by atoms with Gasteiger partial charge in [-0.1, -0.05) is 152 Å². The van der Waals surface area contributed by atoms with Gasteiger partial charge < -0.3 is 4.57 Å². The van der Waals surface area contributed by atoms with E-state index in [0.29, 0.717) is 17.5 Å². The Morgan fingerprint density at radius 2 is 0.877 bits per heavy atom. The molecule has 11 aromatic rings. The minimum Gasteiger partial charge on any atom is -0.309 e. The van der Waals surface area contributed by atoms with E-state index in [1.807, 2.05) is 42.6 Å². The third-order valence-corrected chi connectivity index (χ3v) is 10.7. The van der Waals surface area contributed by atoms with Gasteiger partial charge in [0.05, 0.1) is 27.8 Å². The summed E-state index contributed by atoms with van der Waals surface area (Å²) in [5.74, 6) is 1.85. The summed E-state index contributed by atoms with van der Waals surface area (Å²) in [4.78, 5) is 24.7. The SMILES string of the molecule is c1ccc(-c2nc(-c3ccc(-c4ccc5c6ccccc6n(-c6ccccc6)c5c4)cc3)nc(-c3ccc(-c4ccc5ccc6cccnc6c5n4)cc3)n2)cc1. The largest absolute Gasteiger partial charge is 0.309 e. The molecule has 0 saturated heterocycles. The van der Waals surface area contributed by atoms with Gasteiger partial charge in [-0.05, 0) is 47.5 Å². The average molecular weight is 729 g/mol. The lowest BCUT2D eigenvalue weighted by Crippen LogP contribution is -2.00. The van der Waals surface area contributed by atoms with E-state index in [4.69, 9.17) is 19.9 Å². The fraction of sp³-hybridized carbons (Fsp3) is 0. The van der Waals surface area contributed by atoms with Crippen molar-refractivity contribution in [2.24, 2.45) is 0 Å². The molecule has 4 aromatic heterocycles. The Morgan fingerprint density at radius 1 is 0.333 bits per heavy atom. The lowest BCUT2D eigenvalue weighted by atomic mass is 10.0. The van der Waals surface area contributed by atoms with Crippen molar-refractivity contribution in [2.75, 3.05) is 0 Å². The highest BCUT2D eigenvalue weighted by Gasteiger charge is 2.16. The molecule has 0 aliphatic rings. The van der Waals surface area contributed by atoms with E-state index < -0.39 is 0 Å². The Bertz CT molecular complexity index is 3270. The molecule has 0 radical (unpaired) electrons. The molecule has 57 heavy (non-hydrogen) atoms. The summed E-state index contributed by atoms with van der Waals surface area (Å²) in [5.41, 5.74) is 12.2. The third kappa shape index (κ3) is 5.79. The van der Waals surface area contributed by atoms with E-state index in [9.17, 15) is 0 Å². The summed E-state index contributed by atoms with van der Waals surface area (Å²) in [6.07, 6.45) is 1.82. The molecule has 0 N–H and O–H groups in total. The number of rotatable bonds is 6. The fourth-order valence-corrected chi connectivity index (χ4v) is 7.84. The highest BCUT2D eigenvalue weighted by Crippen LogP contribution is 2.36. The monoisotopic (exact) mass is 728 g/mol. The molecule has 0 unspecified atom stereocenters. The highest BCUT2D eigenvalue weighted by molar-refractivity contribution is 6.10. The number of benzene rings is 7. The van der Waals surface area contributed by atoms with Gasteiger partial charge in [-0.2, -0.15) is 0 Å². The van der Waals surface area contributed by atoms with Crippen molar-refractivity contribution < 1.29 is 0 Å². The predicted molar refractivity (Wildman–Crippen MR) is 232 cm³/mol. The van der Waals surface area contributed by atoms with Crippen LogP contribution in [0.3, 0.4) is 0 Å². The Labute approximate surface area is 328 Å². The maximum Gasteiger partial charge on any atom is 0.164 e. The molecular formula is C51H32N6. The van der Waals surface area contributed by atoms with Crippen LogP contribution >= 0.6 is 0 Å². The van der Waals surface area contributed by atoms with Crippen molar-refractivity contribution in [3.63, 3.8) is 0 Å². The van der Waals surface area contributed by atoms with Crippen molar-refractivity contribution in [3.8, 4) is 62.2 Å². The van der Waals surface area contributed by atoms with E-state index in [1.165, 1.54) is 21.8 Å². The number of hydrogen-bond donors (Lipinski definition) is 0. The minimum absolute atomic E-state index is 0.607. The number of aromatic nitrogens is 6. The number of para-hydroxylation sites is 2. The van der Waals surface area contributed by atoms with Gasteiger partial charge in [0.25, 0.3) is 0 Å². The first kappa shape index (κ1) is 32.6. The number of pyridine rings is 2. The molecule has 6 nitrogen and oxygen atoms in total. The fourth-order valence-electron chi connectivity index (χ4n) is 7.84. The normalized spacial score (nSPS) is 11.5. The zero-order valence-corrected chi connectivity index (χ0v) is 30.7. The van der Waals surface area contributed by atoms with E-state index in [2.05, 4.69) is 161 Å². The van der Waals surface area contributed by atoms with Crippen molar-refractivity contribution in [3.05, 3.63) is 194 Å². The molecule has 0 spiro atoms. The molecule has 0 amide bonds. The van der Waals surface area contributed by atoms with Gasteiger partial charge in [-0.3, -0.25) is 4.98 Å². The Kier molecular flexibility index (Phi) is 7.71. The molecule has 6 heteroatoms. The highest BCUT2D eigenvalue weighted by atomic mass is 15.0. The van der Waals surface area contributed by atoms with Crippen molar-refractivity contribution in [1.82, 2.24) is 29.5 Å². The quantitative estimate of drug-likeness (QED) is 0.159. The van der Waals surface area contributed by atoms with Crippen molar-refractivity contribution >= 4 is 43.6 Å². The maximum atomic E-state index is 5.05. The van der Waals surface area contributed by atoms with Crippen LogP contribution in [0.25, 0.3) is 106 Å². The predicted octanol–water partition coefficient (Wildman–Crippen LogP) is 12.4. The second-order valence-corrected chi connectivity index (χ2v) is 14.2. The molecular weight excluding hydrogens is 697 g/mol. The van der Waals surface area contributed by atoms with Gasteiger partial charge in [-0.15, -0.1) is 0 Å². The second kappa shape index (κ2) is 13.5. The molecule has 0 fully saturated rings. The first-order chi connectivity index (χ1) is 28.2. The summed E-state index contributed by atoms with van der Waals surface area (Å²) < 4.78 is 2.35. The van der Waals surface area contributed by atoms with Crippen LogP contribution in [0.5, 0.6) is 0 Å². The molecule has 0 aliphatic heterocycles. The number of fused-ring (bicyclic) bond motifs is 6. The van der Waals surface area contributed by atoms with Gasteiger partial charge >= 0.3 is 0 Å². The molecule has 0 saturated carbocycles. The smallest absolute Gasteiger partial charge is 0.164 e. The van der Waals surface area contributed by atoms with E-state index in [1.54, 1.807) is 0 Å². The zero-order chi connectivity index (χ0) is 37.7. The molecule has 11 rings (SSSR count). The van der Waals surface area contributed by atoms with Gasteiger partial charge in [0.1, 0.15) is 0 Å². The summed E-state index contributed by atoms with van der Waals surface area (Å²) in [5, 5.41) is 4.61. The van der Waals surface area contributed by atoms with Crippen LogP contribution in [-0.4, -0.2) is 29.5 Å². The Morgan fingerprint density at radius 3 is 1.60 bits per heavy atom. The standard InChI is InChI=1S/C51H32N6/c1-3-10-37(11-4-1)49-54-50(56-51(55-49)39-25-19-34(20-26-39)44-30-28-36-22-21-35-12-9-31-52-47(35)48(36)53-44)38-23-17-33(18-24-38)40-27-29-43-42-15-7-8-16-45(42)57(46(43)32-40)41-13-5-2-6-14-41/h1-32H. The first-order valence-corrected chi connectivity index (χ1v) is 19.0. The molecule has 0 aliphatic carbocycles. The zero-order valence-electron chi connectivity index (χ0n) is 30.7. The summed E-state index contributed by atoms with van der Waals surface area (Å²) in [6.45, 7) is 0. The van der Waals surface area contributed by atoms with Crippen molar-refractivity contribution in [2.45, 2.75) is 0 Å². The lowest BCUT2D eigenvalue weighted by molar-refractivity contribution is 1.07. The molecule has 266 valence electrons. The van der Waals surface area contributed by atoms with Gasteiger partial charge in [0.2, 0.25) is 0 Å². The van der Waals surface area contributed by atoms with Crippen LogP contribution in [0.4, 0.5) is 0 Å². The third-order valence-electron chi connectivity index (χ3n) is 10.7.